The van der Waals surface area contributed by atoms with Crippen molar-refractivity contribution in [1.82, 2.24) is 5.32 Å². The summed E-state index contributed by atoms with van der Waals surface area (Å²) in [5.74, 6) is -0.843. The highest BCUT2D eigenvalue weighted by atomic mass is 79.9. The highest BCUT2D eigenvalue weighted by Crippen LogP contribution is 2.37. The summed E-state index contributed by atoms with van der Waals surface area (Å²) in [6, 6.07) is 4.69. The maximum atomic E-state index is 11.9. The molecule has 0 heterocycles. The summed E-state index contributed by atoms with van der Waals surface area (Å²) in [7, 11) is 0. The predicted octanol–water partition coefficient (Wildman–Crippen LogP) is 3.87. The van der Waals surface area contributed by atoms with E-state index >= 15 is 0 Å². The number of halogens is 2. The van der Waals surface area contributed by atoms with Crippen LogP contribution >= 0.6 is 27.5 Å². The Morgan fingerprint density at radius 1 is 1.33 bits per heavy atom. The number of carboxylic acids is 1. The number of hydrogen-bond donors (Lipinski definition) is 3. The zero-order valence-electron chi connectivity index (χ0n) is 11.3. The van der Waals surface area contributed by atoms with E-state index in [4.69, 9.17) is 11.6 Å². The quantitative estimate of drug-likeness (QED) is 0.747. The fourth-order valence-electron chi connectivity index (χ4n) is 2.53. The molecule has 21 heavy (non-hydrogen) atoms. The summed E-state index contributed by atoms with van der Waals surface area (Å²) in [6.45, 7) is 0.131. The lowest BCUT2D eigenvalue weighted by Crippen LogP contribution is -2.42. The summed E-state index contributed by atoms with van der Waals surface area (Å²) in [5, 5.41) is 15.1. The highest BCUT2D eigenvalue weighted by molar-refractivity contribution is 9.10. The number of amides is 2. The zero-order chi connectivity index (χ0) is 15.5. The summed E-state index contributed by atoms with van der Waals surface area (Å²) < 4.78 is 0.593. The molecule has 0 saturated heterocycles. The van der Waals surface area contributed by atoms with Gasteiger partial charge in [-0.25, -0.2) is 4.79 Å². The Morgan fingerprint density at radius 2 is 2.00 bits per heavy atom. The van der Waals surface area contributed by atoms with Crippen LogP contribution in [-0.2, 0) is 4.79 Å². The number of rotatable bonds is 4. The van der Waals surface area contributed by atoms with Crippen LogP contribution in [0.2, 0.25) is 5.02 Å². The van der Waals surface area contributed by atoms with Crippen LogP contribution in [0, 0.1) is 5.41 Å². The van der Waals surface area contributed by atoms with Crippen LogP contribution in [0.1, 0.15) is 25.7 Å². The minimum absolute atomic E-state index is 0.131. The molecule has 0 aliphatic heterocycles. The van der Waals surface area contributed by atoms with Crippen LogP contribution in [0.25, 0.3) is 0 Å². The maximum Gasteiger partial charge on any atom is 0.319 e. The Hall–Kier alpha value is -1.27. The number of carboxylic acid groups (broad SMARTS) is 1. The average Bonchev–Trinajstić information content (AvgIpc) is 2.92. The summed E-state index contributed by atoms with van der Waals surface area (Å²) in [4.78, 5) is 23.3. The highest BCUT2D eigenvalue weighted by Gasteiger charge is 2.41. The molecular formula is C14H16BrClN2O3. The molecule has 0 spiro atoms. The Labute approximate surface area is 136 Å². The number of urea groups is 1. The summed E-state index contributed by atoms with van der Waals surface area (Å²) in [6.07, 6.45) is 2.97. The first-order valence-corrected chi connectivity index (χ1v) is 7.84. The van der Waals surface area contributed by atoms with E-state index < -0.39 is 17.4 Å². The molecule has 114 valence electrons. The van der Waals surface area contributed by atoms with Gasteiger partial charge in [0.05, 0.1) is 20.6 Å². The average molecular weight is 376 g/mol. The van der Waals surface area contributed by atoms with E-state index in [1.165, 1.54) is 0 Å². The minimum atomic E-state index is -0.843. The molecule has 0 unspecified atom stereocenters. The van der Waals surface area contributed by atoms with E-state index in [0.717, 1.165) is 12.8 Å². The van der Waals surface area contributed by atoms with Crippen LogP contribution in [0.15, 0.2) is 22.7 Å². The van der Waals surface area contributed by atoms with Gasteiger partial charge in [0.2, 0.25) is 0 Å². The van der Waals surface area contributed by atoms with Crippen molar-refractivity contribution >= 4 is 45.2 Å². The van der Waals surface area contributed by atoms with Gasteiger partial charge >= 0.3 is 12.0 Å². The number of aliphatic carboxylic acids is 1. The van der Waals surface area contributed by atoms with Crippen molar-refractivity contribution < 1.29 is 14.7 Å². The first kappa shape index (κ1) is 16.1. The maximum absolute atomic E-state index is 11.9. The van der Waals surface area contributed by atoms with Crippen LogP contribution in [0.5, 0.6) is 0 Å². The SMILES string of the molecule is O=C(NCC1(C(=O)O)CCCC1)Nc1cccc(Cl)c1Br. The molecule has 0 bridgehead atoms. The predicted molar refractivity (Wildman–Crippen MR) is 84.7 cm³/mol. The Morgan fingerprint density at radius 3 is 2.62 bits per heavy atom. The van der Waals surface area contributed by atoms with Crippen molar-refractivity contribution in [3.8, 4) is 0 Å². The second kappa shape index (κ2) is 6.66. The van der Waals surface area contributed by atoms with Gasteiger partial charge in [-0.05, 0) is 40.9 Å². The lowest BCUT2D eigenvalue weighted by atomic mass is 9.86. The molecule has 1 aromatic carbocycles. The topological polar surface area (TPSA) is 78.4 Å². The van der Waals surface area contributed by atoms with Gasteiger partial charge in [-0.1, -0.05) is 30.5 Å². The second-order valence-electron chi connectivity index (χ2n) is 5.20. The van der Waals surface area contributed by atoms with Crippen LogP contribution in [0.4, 0.5) is 10.5 Å². The molecule has 1 aliphatic carbocycles. The fourth-order valence-corrected chi connectivity index (χ4v) is 3.07. The third-order valence-corrected chi connectivity index (χ3v) is 5.20. The molecule has 3 N–H and O–H groups in total. The van der Waals surface area contributed by atoms with E-state index in [1.807, 2.05) is 0 Å². The van der Waals surface area contributed by atoms with Gasteiger partial charge in [0.15, 0.2) is 0 Å². The Balaban J connectivity index is 1.96. The number of carbonyl (C=O) groups excluding carboxylic acids is 1. The largest absolute Gasteiger partial charge is 0.481 e. The molecule has 0 atom stereocenters. The lowest BCUT2D eigenvalue weighted by molar-refractivity contribution is -0.148. The van der Waals surface area contributed by atoms with Crippen LogP contribution < -0.4 is 10.6 Å². The first-order chi connectivity index (χ1) is 9.94. The first-order valence-electron chi connectivity index (χ1n) is 6.67. The van der Waals surface area contributed by atoms with E-state index in [-0.39, 0.29) is 6.54 Å². The normalized spacial score (nSPS) is 16.5. The zero-order valence-corrected chi connectivity index (χ0v) is 13.6. The second-order valence-corrected chi connectivity index (χ2v) is 6.40. The minimum Gasteiger partial charge on any atom is -0.481 e. The summed E-state index contributed by atoms with van der Waals surface area (Å²) >= 11 is 9.24. The third-order valence-electron chi connectivity index (χ3n) is 3.80. The van der Waals surface area contributed by atoms with Crippen LogP contribution in [-0.4, -0.2) is 23.7 Å². The molecule has 7 heteroatoms. The monoisotopic (exact) mass is 374 g/mol. The van der Waals surface area contributed by atoms with Gasteiger partial charge in [0, 0.05) is 6.54 Å². The third kappa shape index (κ3) is 3.68. The van der Waals surface area contributed by atoms with E-state index in [9.17, 15) is 14.7 Å². The lowest BCUT2D eigenvalue weighted by Gasteiger charge is -2.24. The number of benzene rings is 1. The van der Waals surface area contributed by atoms with Gasteiger partial charge in [-0.2, -0.15) is 0 Å². The molecule has 1 fully saturated rings. The fraction of sp³-hybridized carbons (Fsp3) is 0.429. The smallest absolute Gasteiger partial charge is 0.319 e. The van der Waals surface area contributed by atoms with Crippen LogP contribution in [0.3, 0.4) is 0 Å². The van der Waals surface area contributed by atoms with Crippen molar-refractivity contribution in [2.75, 3.05) is 11.9 Å². The van der Waals surface area contributed by atoms with Crippen molar-refractivity contribution in [2.45, 2.75) is 25.7 Å². The van der Waals surface area contributed by atoms with E-state index in [0.29, 0.717) is 28.0 Å². The number of carbonyl (C=O) groups is 2. The molecule has 0 aromatic heterocycles. The van der Waals surface area contributed by atoms with Crippen molar-refractivity contribution in [3.05, 3.63) is 27.7 Å². The Kier molecular flexibility index (Phi) is 5.11. The molecule has 1 aliphatic rings. The van der Waals surface area contributed by atoms with Crippen molar-refractivity contribution in [2.24, 2.45) is 5.41 Å². The number of anilines is 1. The molecule has 0 radical (unpaired) electrons. The Bertz CT molecular complexity index is 559. The molecule has 2 rings (SSSR count). The van der Waals surface area contributed by atoms with E-state index in [1.54, 1.807) is 18.2 Å². The standard InChI is InChI=1S/C14H16BrClN2O3/c15-11-9(16)4-3-5-10(11)18-13(21)17-8-14(12(19)20)6-1-2-7-14/h3-5H,1-2,6-8H2,(H,19,20)(H2,17,18,21). The molecular weight excluding hydrogens is 360 g/mol. The molecule has 2 amide bonds. The van der Waals surface area contributed by atoms with Gasteiger partial charge in [-0.3, -0.25) is 4.79 Å². The number of hydrogen-bond acceptors (Lipinski definition) is 2. The number of nitrogens with one attached hydrogen (secondary N) is 2. The van der Waals surface area contributed by atoms with Crippen molar-refractivity contribution in [3.63, 3.8) is 0 Å². The summed E-state index contributed by atoms with van der Waals surface area (Å²) in [5.41, 5.74) is -0.293. The van der Waals surface area contributed by atoms with Crippen molar-refractivity contribution in [1.29, 1.82) is 0 Å². The molecule has 1 saturated carbocycles. The van der Waals surface area contributed by atoms with E-state index in [2.05, 4.69) is 26.6 Å². The van der Waals surface area contributed by atoms with Gasteiger partial charge in [0.1, 0.15) is 0 Å². The van der Waals surface area contributed by atoms with Gasteiger partial charge in [-0.15, -0.1) is 0 Å². The van der Waals surface area contributed by atoms with Gasteiger partial charge in [0.25, 0.3) is 0 Å². The van der Waals surface area contributed by atoms with Gasteiger partial charge < -0.3 is 15.7 Å². The molecule has 1 aromatic rings. The molecule has 5 nitrogen and oxygen atoms in total.